The second-order valence-electron chi connectivity index (χ2n) is 4.44. The van der Waals surface area contributed by atoms with Crippen LogP contribution in [-0.4, -0.2) is 33.8 Å². The van der Waals surface area contributed by atoms with Crippen molar-refractivity contribution in [2.75, 3.05) is 24.5 Å². The van der Waals surface area contributed by atoms with Crippen LogP contribution in [-0.2, 0) is 0 Å². The standard InChI is InChI=1S/C13H12N6O2/c1-14-13-18-11-10(15-5-16-11)12(19-13)17-7-2-3-8-9(4-7)21-6-20-8/h2-5H,6H2,1H3,(H3,14,15,16,17,18,19). The zero-order chi connectivity index (χ0) is 14.2. The number of H-pyrrole nitrogens is 1. The number of ether oxygens (including phenoxy) is 2. The molecule has 3 aromatic rings. The number of anilines is 3. The Hall–Kier alpha value is -3.03. The van der Waals surface area contributed by atoms with Crippen molar-refractivity contribution in [1.29, 1.82) is 0 Å². The number of benzene rings is 1. The van der Waals surface area contributed by atoms with Gasteiger partial charge in [-0.1, -0.05) is 0 Å². The zero-order valence-corrected chi connectivity index (χ0v) is 11.2. The summed E-state index contributed by atoms with van der Waals surface area (Å²) < 4.78 is 10.7. The van der Waals surface area contributed by atoms with Crippen LogP contribution in [0.3, 0.4) is 0 Å². The van der Waals surface area contributed by atoms with Crippen molar-refractivity contribution < 1.29 is 9.47 Å². The van der Waals surface area contributed by atoms with Crippen LogP contribution in [0.2, 0.25) is 0 Å². The summed E-state index contributed by atoms with van der Waals surface area (Å²) in [7, 11) is 1.76. The number of rotatable bonds is 3. The van der Waals surface area contributed by atoms with E-state index in [4.69, 9.17) is 9.47 Å². The van der Waals surface area contributed by atoms with Gasteiger partial charge in [-0.3, -0.25) is 0 Å². The third-order valence-corrected chi connectivity index (χ3v) is 3.14. The van der Waals surface area contributed by atoms with Crippen molar-refractivity contribution in [3.05, 3.63) is 24.5 Å². The van der Waals surface area contributed by atoms with Gasteiger partial charge in [-0.15, -0.1) is 0 Å². The minimum Gasteiger partial charge on any atom is -0.454 e. The SMILES string of the molecule is CNc1nc(Nc2ccc3c(c2)OCO3)c2[nH]cnc2n1. The summed E-state index contributed by atoms with van der Waals surface area (Å²) in [4.78, 5) is 15.9. The Kier molecular flexibility index (Phi) is 2.53. The average Bonchev–Trinajstić information content (AvgIpc) is 3.14. The first kappa shape index (κ1) is 11.8. The van der Waals surface area contributed by atoms with Gasteiger partial charge in [-0.2, -0.15) is 9.97 Å². The highest BCUT2D eigenvalue weighted by Crippen LogP contribution is 2.35. The molecule has 4 rings (SSSR count). The minimum absolute atomic E-state index is 0.251. The van der Waals surface area contributed by atoms with E-state index < -0.39 is 0 Å². The fourth-order valence-corrected chi connectivity index (χ4v) is 2.15. The summed E-state index contributed by atoms with van der Waals surface area (Å²) in [5.74, 6) is 2.59. The number of imidazole rings is 1. The molecule has 0 atom stereocenters. The van der Waals surface area contributed by atoms with Gasteiger partial charge in [0.25, 0.3) is 0 Å². The van der Waals surface area contributed by atoms with E-state index in [0.717, 1.165) is 17.0 Å². The van der Waals surface area contributed by atoms with E-state index in [1.165, 1.54) is 0 Å². The van der Waals surface area contributed by atoms with Gasteiger partial charge in [-0.05, 0) is 12.1 Å². The topological polar surface area (TPSA) is 97.0 Å². The van der Waals surface area contributed by atoms with Crippen LogP contribution in [0, 0.1) is 0 Å². The zero-order valence-electron chi connectivity index (χ0n) is 11.2. The number of hydrogen-bond donors (Lipinski definition) is 3. The molecule has 0 saturated carbocycles. The molecule has 21 heavy (non-hydrogen) atoms. The number of hydrogen-bond acceptors (Lipinski definition) is 7. The fourth-order valence-electron chi connectivity index (χ4n) is 2.15. The number of nitrogens with one attached hydrogen (secondary N) is 3. The Balaban J connectivity index is 1.75. The van der Waals surface area contributed by atoms with Crippen molar-refractivity contribution in [1.82, 2.24) is 19.9 Å². The molecule has 1 aliphatic heterocycles. The molecule has 0 bridgehead atoms. The van der Waals surface area contributed by atoms with Crippen LogP contribution in [0.25, 0.3) is 11.2 Å². The largest absolute Gasteiger partial charge is 0.454 e. The number of aromatic amines is 1. The van der Waals surface area contributed by atoms with E-state index >= 15 is 0 Å². The van der Waals surface area contributed by atoms with E-state index in [1.807, 2.05) is 18.2 Å². The first-order valence-corrected chi connectivity index (χ1v) is 6.39. The Bertz CT molecular complexity index is 816. The Morgan fingerprint density at radius 2 is 2.10 bits per heavy atom. The predicted octanol–water partition coefficient (Wildman–Crippen LogP) is 1.87. The third kappa shape index (κ3) is 1.97. The highest BCUT2D eigenvalue weighted by Gasteiger charge is 2.15. The fraction of sp³-hybridized carbons (Fsp3) is 0.154. The predicted molar refractivity (Wildman–Crippen MR) is 77.1 cm³/mol. The molecule has 0 saturated heterocycles. The van der Waals surface area contributed by atoms with Crippen LogP contribution in [0.5, 0.6) is 11.5 Å². The molecular formula is C13H12N6O2. The second-order valence-corrected chi connectivity index (χ2v) is 4.44. The summed E-state index contributed by atoms with van der Waals surface area (Å²) in [6.07, 6.45) is 1.59. The van der Waals surface area contributed by atoms with Crippen LogP contribution in [0.4, 0.5) is 17.5 Å². The summed E-state index contributed by atoms with van der Waals surface area (Å²) >= 11 is 0. The van der Waals surface area contributed by atoms with Crippen molar-refractivity contribution in [3.8, 4) is 11.5 Å². The first-order valence-electron chi connectivity index (χ1n) is 6.39. The molecular weight excluding hydrogens is 272 g/mol. The van der Waals surface area contributed by atoms with E-state index in [-0.39, 0.29) is 6.79 Å². The molecule has 0 unspecified atom stereocenters. The van der Waals surface area contributed by atoms with Crippen LogP contribution < -0.4 is 20.1 Å². The highest BCUT2D eigenvalue weighted by molar-refractivity contribution is 5.86. The first-order chi connectivity index (χ1) is 10.3. The molecule has 1 aliphatic rings. The molecule has 106 valence electrons. The maximum absolute atomic E-state index is 5.37. The van der Waals surface area contributed by atoms with Gasteiger partial charge in [0.05, 0.1) is 6.33 Å². The lowest BCUT2D eigenvalue weighted by atomic mass is 10.2. The molecule has 0 spiro atoms. The molecule has 2 aromatic heterocycles. The van der Waals surface area contributed by atoms with Gasteiger partial charge in [0, 0.05) is 18.8 Å². The molecule has 8 heteroatoms. The summed E-state index contributed by atoms with van der Waals surface area (Å²) in [6, 6.07) is 5.62. The van der Waals surface area contributed by atoms with E-state index in [0.29, 0.717) is 23.2 Å². The molecule has 0 amide bonds. The lowest BCUT2D eigenvalue weighted by Crippen LogP contribution is -2.01. The average molecular weight is 284 g/mol. The van der Waals surface area contributed by atoms with E-state index in [1.54, 1.807) is 13.4 Å². The van der Waals surface area contributed by atoms with Crippen LogP contribution in [0.15, 0.2) is 24.5 Å². The summed E-state index contributed by atoms with van der Waals surface area (Å²) in [6.45, 7) is 0.251. The Labute approximate surface area is 119 Å². The lowest BCUT2D eigenvalue weighted by Gasteiger charge is -2.08. The van der Waals surface area contributed by atoms with Gasteiger partial charge in [0.1, 0.15) is 5.52 Å². The second kappa shape index (κ2) is 4.51. The summed E-state index contributed by atoms with van der Waals surface area (Å²) in [5, 5.41) is 6.16. The molecule has 0 aliphatic carbocycles. The molecule has 3 heterocycles. The molecule has 1 aromatic carbocycles. The van der Waals surface area contributed by atoms with Gasteiger partial charge < -0.3 is 25.1 Å². The van der Waals surface area contributed by atoms with Crippen LogP contribution in [0.1, 0.15) is 0 Å². The number of aromatic nitrogens is 4. The Morgan fingerprint density at radius 3 is 3.00 bits per heavy atom. The smallest absolute Gasteiger partial charge is 0.231 e. The van der Waals surface area contributed by atoms with E-state index in [2.05, 4.69) is 30.6 Å². The summed E-state index contributed by atoms with van der Waals surface area (Å²) in [5.41, 5.74) is 2.18. The van der Waals surface area contributed by atoms with Gasteiger partial charge in [-0.25, -0.2) is 4.98 Å². The van der Waals surface area contributed by atoms with Crippen molar-refractivity contribution in [3.63, 3.8) is 0 Å². The Morgan fingerprint density at radius 1 is 1.19 bits per heavy atom. The number of fused-ring (bicyclic) bond motifs is 2. The quantitative estimate of drug-likeness (QED) is 0.675. The van der Waals surface area contributed by atoms with Crippen molar-refractivity contribution >= 4 is 28.6 Å². The molecule has 0 radical (unpaired) electrons. The maximum Gasteiger partial charge on any atom is 0.231 e. The van der Waals surface area contributed by atoms with Gasteiger partial charge in [0.2, 0.25) is 12.7 Å². The normalized spacial score (nSPS) is 12.6. The lowest BCUT2D eigenvalue weighted by molar-refractivity contribution is 0.174. The number of nitrogens with zero attached hydrogens (tertiary/aromatic N) is 3. The molecule has 3 N–H and O–H groups in total. The third-order valence-electron chi connectivity index (χ3n) is 3.14. The van der Waals surface area contributed by atoms with Crippen molar-refractivity contribution in [2.24, 2.45) is 0 Å². The van der Waals surface area contributed by atoms with Crippen LogP contribution >= 0.6 is 0 Å². The van der Waals surface area contributed by atoms with E-state index in [9.17, 15) is 0 Å². The maximum atomic E-state index is 5.37. The van der Waals surface area contributed by atoms with Gasteiger partial charge >= 0.3 is 0 Å². The minimum atomic E-state index is 0.251. The molecule has 8 nitrogen and oxygen atoms in total. The van der Waals surface area contributed by atoms with Crippen molar-refractivity contribution in [2.45, 2.75) is 0 Å². The highest BCUT2D eigenvalue weighted by atomic mass is 16.7. The van der Waals surface area contributed by atoms with Gasteiger partial charge in [0.15, 0.2) is 23.0 Å². The molecule has 0 fully saturated rings. The monoisotopic (exact) mass is 284 g/mol.